The van der Waals surface area contributed by atoms with Gasteiger partial charge in [0, 0.05) is 11.6 Å². The molecule has 14 heavy (non-hydrogen) atoms. The van der Waals surface area contributed by atoms with E-state index >= 15 is 0 Å². The van der Waals surface area contributed by atoms with E-state index in [1.54, 1.807) is 18.2 Å². The monoisotopic (exact) mass is 227 g/mol. The van der Waals surface area contributed by atoms with E-state index in [2.05, 4.69) is 4.99 Å². The van der Waals surface area contributed by atoms with Gasteiger partial charge in [0.15, 0.2) is 5.78 Å². The smallest absolute Gasteiger partial charge is 0.189 e. The second-order valence-corrected chi connectivity index (χ2v) is 3.79. The van der Waals surface area contributed by atoms with Gasteiger partial charge in [-0.2, -0.15) is 0 Å². The fourth-order valence-electron chi connectivity index (χ4n) is 1.36. The van der Waals surface area contributed by atoms with Crippen LogP contribution in [0.2, 0.25) is 0 Å². The molecule has 0 spiro atoms. The van der Waals surface area contributed by atoms with Crippen molar-refractivity contribution >= 4 is 34.7 Å². The van der Waals surface area contributed by atoms with Crippen molar-refractivity contribution in [1.82, 2.24) is 0 Å². The van der Waals surface area contributed by atoms with Crippen molar-refractivity contribution in [2.75, 3.05) is 5.88 Å². The predicted molar refractivity (Wildman–Crippen MR) is 58.1 cm³/mol. The molecule has 2 rings (SSSR count). The Labute approximate surface area is 91.6 Å². The Morgan fingerprint density at radius 3 is 3.00 bits per heavy atom. The minimum Gasteiger partial charge on any atom is -0.289 e. The zero-order chi connectivity index (χ0) is 10.1. The number of nitrogens with zero attached hydrogens (tertiary/aromatic N) is 1. The van der Waals surface area contributed by atoms with Crippen molar-refractivity contribution in [3.8, 4) is 0 Å². The largest absolute Gasteiger partial charge is 0.289 e. The maximum absolute atomic E-state index is 11.6. The molecule has 1 unspecified atom stereocenters. The highest BCUT2D eigenvalue weighted by atomic mass is 35.5. The van der Waals surface area contributed by atoms with E-state index in [-0.39, 0.29) is 17.0 Å². The molecule has 2 nitrogen and oxygen atoms in total. The zero-order valence-electron chi connectivity index (χ0n) is 7.21. The van der Waals surface area contributed by atoms with Gasteiger partial charge in [0.05, 0.1) is 22.7 Å². The van der Waals surface area contributed by atoms with E-state index in [0.29, 0.717) is 17.0 Å². The van der Waals surface area contributed by atoms with Crippen molar-refractivity contribution in [2.24, 2.45) is 4.99 Å². The third-order valence-corrected chi connectivity index (χ3v) is 2.55. The van der Waals surface area contributed by atoms with Crippen LogP contribution in [0.3, 0.4) is 0 Å². The number of alkyl halides is 2. The van der Waals surface area contributed by atoms with E-state index in [1.807, 2.05) is 0 Å². The lowest BCUT2D eigenvalue weighted by Crippen LogP contribution is -2.19. The average molecular weight is 228 g/mol. The molecule has 4 heteroatoms. The Morgan fingerprint density at radius 1 is 1.50 bits per heavy atom. The molecule has 0 fully saturated rings. The Kier molecular flexibility index (Phi) is 2.57. The first kappa shape index (κ1) is 9.69. The third-order valence-electron chi connectivity index (χ3n) is 2.00. The second-order valence-electron chi connectivity index (χ2n) is 3.01. The lowest BCUT2D eigenvalue weighted by molar-refractivity contribution is -0.111. The molecule has 0 aromatic heterocycles. The number of allylic oxidation sites excluding steroid dienone is 6. The lowest BCUT2D eigenvalue weighted by Gasteiger charge is -2.15. The van der Waals surface area contributed by atoms with E-state index in [0.717, 1.165) is 0 Å². The maximum atomic E-state index is 11.6. The number of carbonyl (C=O) groups is 1. The quantitative estimate of drug-likeness (QED) is 0.633. The van der Waals surface area contributed by atoms with Gasteiger partial charge < -0.3 is 0 Å². The molecule has 0 saturated carbocycles. The van der Waals surface area contributed by atoms with Gasteiger partial charge in [-0.3, -0.25) is 9.79 Å². The highest BCUT2D eigenvalue weighted by Gasteiger charge is 2.21. The summed E-state index contributed by atoms with van der Waals surface area (Å²) in [5.41, 5.74) is 1.83. The number of hydrogen-bond donors (Lipinski definition) is 0. The lowest BCUT2D eigenvalue weighted by atomic mass is 9.96. The number of rotatable bonds is 1. The summed E-state index contributed by atoms with van der Waals surface area (Å²) in [5, 5.41) is -0.223. The summed E-state index contributed by atoms with van der Waals surface area (Å²) in [7, 11) is 0. The number of hydrogen-bond acceptors (Lipinski definition) is 2. The minimum atomic E-state index is -0.223. The van der Waals surface area contributed by atoms with E-state index in [4.69, 9.17) is 23.2 Å². The van der Waals surface area contributed by atoms with Crippen molar-refractivity contribution in [3.63, 3.8) is 0 Å². The number of halogens is 2. The topological polar surface area (TPSA) is 29.4 Å². The van der Waals surface area contributed by atoms with Crippen LogP contribution in [0.1, 0.15) is 0 Å². The van der Waals surface area contributed by atoms with Crippen LogP contribution in [0.4, 0.5) is 0 Å². The van der Waals surface area contributed by atoms with Gasteiger partial charge in [-0.05, 0) is 12.2 Å². The molecule has 0 aromatic carbocycles. The highest BCUT2D eigenvalue weighted by molar-refractivity contribution is 6.35. The normalized spacial score (nSPS) is 25.1. The fourth-order valence-corrected chi connectivity index (χ4v) is 1.70. The number of fused-ring (bicyclic) bond motifs is 1. The van der Waals surface area contributed by atoms with Gasteiger partial charge in [0.2, 0.25) is 0 Å². The van der Waals surface area contributed by atoms with Crippen molar-refractivity contribution in [3.05, 3.63) is 35.6 Å². The summed E-state index contributed by atoms with van der Waals surface area (Å²) in [4.78, 5) is 15.8. The van der Waals surface area contributed by atoms with Crippen molar-refractivity contribution in [2.45, 2.75) is 5.38 Å². The Bertz CT molecular complexity index is 404. The molecule has 2 aliphatic rings. The van der Waals surface area contributed by atoms with Gasteiger partial charge >= 0.3 is 0 Å². The Balaban J connectivity index is 2.42. The molecule has 1 aliphatic heterocycles. The van der Waals surface area contributed by atoms with Gasteiger partial charge in [-0.1, -0.05) is 6.08 Å². The van der Waals surface area contributed by atoms with Gasteiger partial charge in [0.25, 0.3) is 0 Å². The molecular weight excluding hydrogens is 221 g/mol. The predicted octanol–water partition coefficient (Wildman–Crippen LogP) is 2.24. The molecule has 1 atom stereocenters. The molecule has 1 heterocycles. The first-order valence-electron chi connectivity index (χ1n) is 4.15. The van der Waals surface area contributed by atoms with Crippen LogP contribution in [0.15, 0.2) is 40.6 Å². The average Bonchev–Trinajstić information content (AvgIpc) is 2.19. The van der Waals surface area contributed by atoms with Crippen LogP contribution in [-0.4, -0.2) is 22.8 Å². The number of aliphatic imine (C=N–C) groups is 1. The summed E-state index contributed by atoms with van der Waals surface area (Å²) in [5.74, 6) is 0.182. The van der Waals surface area contributed by atoms with E-state index < -0.39 is 0 Å². The molecule has 0 N–H and O–H groups in total. The Morgan fingerprint density at radius 2 is 2.29 bits per heavy atom. The summed E-state index contributed by atoms with van der Waals surface area (Å²) in [6.07, 6.45) is 6.69. The van der Waals surface area contributed by atoms with Crippen molar-refractivity contribution in [1.29, 1.82) is 0 Å². The van der Waals surface area contributed by atoms with E-state index in [1.165, 1.54) is 6.08 Å². The summed E-state index contributed by atoms with van der Waals surface area (Å²) in [6.45, 7) is 0. The maximum Gasteiger partial charge on any atom is 0.189 e. The molecule has 0 amide bonds. The first-order valence-corrected chi connectivity index (χ1v) is 5.12. The van der Waals surface area contributed by atoms with Crippen LogP contribution < -0.4 is 0 Å². The van der Waals surface area contributed by atoms with Crippen LogP contribution in [-0.2, 0) is 4.79 Å². The van der Waals surface area contributed by atoms with Crippen molar-refractivity contribution < 1.29 is 4.79 Å². The van der Waals surface area contributed by atoms with Crippen LogP contribution in [0, 0.1) is 0 Å². The molecule has 0 radical (unpaired) electrons. The SMILES string of the molecule is O=C1C=C(CCl)N=C2C=CC(Cl)C=C12. The zero-order valence-corrected chi connectivity index (χ0v) is 8.72. The van der Waals surface area contributed by atoms with Gasteiger partial charge in [-0.25, -0.2) is 0 Å². The Hall–Kier alpha value is -0.860. The highest BCUT2D eigenvalue weighted by Crippen LogP contribution is 2.21. The molecule has 0 aromatic rings. The first-order chi connectivity index (χ1) is 6.70. The van der Waals surface area contributed by atoms with Crippen LogP contribution in [0.25, 0.3) is 0 Å². The molecule has 0 bridgehead atoms. The minimum absolute atomic E-state index is 0.0688. The fraction of sp³-hybridized carbons (Fsp3) is 0.200. The van der Waals surface area contributed by atoms with Crippen LogP contribution >= 0.6 is 23.2 Å². The number of ketones is 1. The number of carbonyl (C=O) groups excluding carboxylic acids is 1. The van der Waals surface area contributed by atoms with E-state index in [9.17, 15) is 4.79 Å². The van der Waals surface area contributed by atoms with Gasteiger partial charge in [-0.15, -0.1) is 23.2 Å². The molecule has 0 saturated heterocycles. The second kappa shape index (κ2) is 3.71. The molecule has 72 valence electrons. The van der Waals surface area contributed by atoms with Gasteiger partial charge in [0.1, 0.15) is 0 Å². The summed E-state index contributed by atoms with van der Waals surface area (Å²) < 4.78 is 0. The summed E-state index contributed by atoms with van der Waals surface area (Å²) in [6, 6.07) is 0. The standard InChI is InChI=1S/C10H7Cl2NO/c11-5-7-4-10(14)8-3-6(12)1-2-9(8)13-7/h1-4,6H,5H2. The molecular formula is C10H7Cl2NO. The third kappa shape index (κ3) is 1.68. The summed E-state index contributed by atoms with van der Waals surface area (Å²) >= 11 is 11.5. The van der Waals surface area contributed by atoms with Crippen LogP contribution in [0.5, 0.6) is 0 Å². The molecule has 1 aliphatic carbocycles.